The summed E-state index contributed by atoms with van der Waals surface area (Å²) in [6.45, 7) is 4.95. The second-order valence-corrected chi connectivity index (χ2v) is 12.2. The number of carbonyl (C=O) groups is 2. The molecule has 244 valence electrons. The second-order valence-electron chi connectivity index (χ2n) is 12.2. The molecule has 1 aliphatic carbocycles. The van der Waals surface area contributed by atoms with Crippen LogP contribution in [-0.2, 0) is 47.3 Å². The first-order chi connectivity index (χ1) is 22.8. The normalized spacial score (nSPS) is 16.1. The largest absolute Gasteiger partial charge is 0.461 e. The van der Waals surface area contributed by atoms with Crippen LogP contribution in [0.25, 0.3) is 11.3 Å². The summed E-state index contributed by atoms with van der Waals surface area (Å²) in [5, 5.41) is 3.12. The molecule has 1 N–H and O–H groups in total. The van der Waals surface area contributed by atoms with Gasteiger partial charge in [0.25, 0.3) is 11.5 Å². The van der Waals surface area contributed by atoms with Gasteiger partial charge >= 0.3 is 5.97 Å². The molecular formula is C35H37FN6O5. The van der Waals surface area contributed by atoms with Crippen molar-refractivity contribution in [2.75, 3.05) is 48.0 Å². The average Bonchev–Trinajstić information content (AvgIpc) is 3.46. The number of hydrogen-bond acceptors (Lipinski definition) is 8. The fourth-order valence-electron chi connectivity index (χ4n) is 6.82. The first-order valence-corrected chi connectivity index (χ1v) is 16.0. The van der Waals surface area contributed by atoms with Gasteiger partial charge in [-0.3, -0.25) is 14.4 Å². The molecule has 2 aromatic carbocycles. The number of nitrogens with zero attached hydrogens (tertiary/aromatic N) is 5. The minimum Gasteiger partial charge on any atom is -0.461 e. The number of carbonyl (C=O) groups excluding carboxylic acids is 2. The van der Waals surface area contributed by atoms with Crippen LogP contribution in [0.2, 0.25) is 0 Å². The summed E-state index contributed by atoms with van der Waals surface area (Å²) in [5.41, 5.74) is 5.66. The first-order valence-electron chi connectivity index (χ1n) is 16.0. The molecule has 4 heterocycles. The van der Waals surface area contributed by atoms with E-state index in [-0.39, 0.29) is 29.6 Å². The molecule has 0 saturated carbocycles. The number of benzene rings is 2. The number of morpholine rings is 1. The van der Waals surface area contributed by atoms with Crippen LogP contribution >= 0.6 is 0 Å². The van der Waals surface area contributed by atoms with Crippen LogP contribution in [0.3, 0.4) is 0 Å². The molecule has 7 rings (SSSR count). The average molecular weight is 641 g/mol. The van der Waals surface area contributed by atoms with Crippen LogP contribution in [0.5, 0.6) is 0 Å². The minimum atomic E-state index is -0.585. The number of aromatic nitrogens is 3. The van der Waals surface area contributed by atoms with E-state index in [4.69, 9.17) is 9.47 Å². The molecule has 0 atom stereocenters. The third kappa shape index (κ3) is 6.00. The van der Waals surface area contributed by atoms with Crippen LogP contribution in [0, 0.1) is 5.82 Å². The van der Waals surface area contributed by atoms with Crippen molar-refractivity contribution in [3.8, 4) is 11.3 Å². The Hall–Kier alpha value is -4.97. The summed E-state index contributed by atoms with van der Waals surface area (Å²) >= 11 is 0. The lowest BCUT2D eigenvalue weighted by Crippen LogP contribution is -2.41. The standard InChI is InChI=1S/C35H37FN6O5/c1-22(43)47-21-28-27(18-24(36)19-31(28)42-12-11-41-30-6-4-3-5-23(30)17-32(41)34(42)44)29-20-39(2)35(45)33(38-29)37-25-7-9-26(10-8-25)40-13-15-46-16-14-40/h7-10,17-20H,3-6,11-16,21H2,1-2H3,(H,37,38). The van der Waals surface area contributed by atoms with Crippen molar-refractivity contribution in [1.29, 1.82) is 0 Å². The number of hydrogen-bond donors (Lipinski definition) is 1. The van der Waals surface area contributed by atoms with Crippen LogP contribution in [0.15, 0.2) is 53.5 Å². The maximum absolute atomic E-state index is 15.5. The molecule has 1 amide bonds. The predicted molar refractivity (Wildman–Crippen MR) is 176 cm³/mol. The highest BCUT2D eigenvalue weighted by molar-refractivity contribution is 6.07. The Bertz CT molecular complexity index is 1910. The highest BCUT2D eigenvalue weighted by Gasteiger charge is 2.32. The maximum Gasteiger partial charge on any atom is 0.302 e. The maximum atomic E-state index is 15.5. The molecule has 2 aliphatic heterocycles. The van der Waals surface area contributed by atoms with Gasteiger partial charge in [-0.1, -0.05) is 0 Å². The van der Waals surface area contributed by atoms with Gasteiger partial charge in [0.1, 0.15) is 18.1 Å². The number of esters is 1. The molecular weight excluding hydrogens is 603 g/mol. The summed E-state index contributed by atoms with van der Waals surface area (Å²) in [6, 6.07) is 12.3. The smallest absolute Gasteiger partial charge is 0.302 e. The molecule has 11 nitrogen and oxygen atoms in total. The number of rotatable bonds is 7. The van der Waals surface area contributed by atoms with Crippen molar-refractivity contribution in [1.82, 2.24) is 14.1 Å². The molecule has 2 aromatic heterocycles. The number of ether oxygens (including phenoxy) is 2. The molecule has 3 aliphatic rings. The number of amides is 1. The number of halogens is 1. The Kier molecular flexibility index (Phi) is 8.27. The topological polar surface area (TPSA) is 111 Å². The Labute approximate surface area is 271 Å². The third-order valence-electron chi connectivity index (χ3n) is 9.17. The van der Waals surface area contributed by atoms with Gasteiger partial charge in [0.15, 0.2) is 5.82 Å². The molecule has 0 spiro atoms. The van der Waals surface area contributed by atoms with E-state index in [0.29, 0.717) is 54.5 Å². The zero-order valence-corrected chi connectivity index (χ0v) is 26.6. The van der Waals surface area contributed by atoms with Crippen LogP contribution in [-0.4, -0.2) is 58.8 Å². The van der Waals surface area contributed by atoms with Crippen LogP contribution in [0.4, 0.5) is 27.3 Å². The first kappa shape index (κ1) is 30.7. The Morgan fingerprint density at radius 2 is 1.79 bits per heavy atom. The van der Waals surface area contributed by atoms with E-state index in [1.807, 2.05) is 30.3 Å². The van der Waals surface area contributed by atoms with Crippen molar-refractivity contribution < 1.29 is 23.5 Å². The van der Waals surface area contributed by atoms with E-state index in [1.165, 1.54) is 41.1 Å². The van der Waals surface area contributed by atoms with Gasteiger partial charge in [-0.05, 0) is 73.7 Å². The van der Waals surface area contributed by atoms with Gasteiger partial charge in [-0.15, -0.1) is 0 Å². The molecule has 0 bridgehead atoms. The van der Waals surface area contributed by atoms with Crippen LogP contribution < -0.4 is 20.7 Å². The van der Waals surface area contributed by atoms with Gasteiger partial charge in [0, 0.05) is 74.5 Å². The van der Waals surface area contributed by atoms with Crippen molar-refractivity contribution in [2.45, 2.75) is 45.8 Å². The predicted octanol–water partition coefficient (Wildman–Crippen LogP) is 4.57. The van der Waals surface area contributed by atoms with E-state index >= 15 is 4.39 Å². The molecule has 0 unspecified atom stereocenters. The van der Waals surface area contributed by atoms with Crippen LogP contribution in [0.1, 0.15) is 47.1 Å². The Morgan fingerprint density at radius 1 is 1.02 bits per heavy atom. The number of anilines is 4. The zero-order chi connectivity index (χ0) is 32.7. The summed E-state index contributed by atoms with van der Waals surface area (Å²) < 4.78 is 29.9. The highest BCUT2D eigenvalue weighted by atomic mass is 19.1. The zero-order valence-electron chi connectivity index (χ0n) is 26.6. The lowest BCUT2D eigenvalue weighted by atomic mass is 9.98. The van der Waals surface area contributed by atoms with E-state index in [0.717, 1.165) is 44.5 Å². The summed E-state index contributed by atoms with van der Waals surface area (Å²) in [6.07, 6.45) is 5.59. The lowest BCUT2D eigenvalue weighted by molar-refractivity contribution is -0.142. The number of nitrogens with one attached hydrogen (secondary N) is 1. The molecule has 4 aromatic rings. The van der Waals surface area contributed by atoms with E-state index in [1.54, 1.807) is 11.9 Å². The fourth-order valence-corrected chi connectivity index (χ4v) is 6.82. The van der Waals surface area contributed by atoms with Gasteiger partial charge in [0.2, 0.25) is 0 Å². The Morgan fingerprint density at radius 3 is 2.55 bits per heavy atom. The van der Waals surface area contributed by atoms with Crippen molar-refractivity contribution in [2.24, 2.45) is 7.05 Å². The minimum absolute atomic E-state index is 0.0471. The Balaban J connectivity index is 1.25. The SMILES string of the molecule is CC(=O)OCc1c(-c2cn(C)c(=O)c(Nc3ccc(N4CCOCC4)cc3)n2)cc(F)cc1N1CCn2c(cc3c2CCCC3)C1=O. The summed E-state index contributed by atoms with van der Waals surface area (Å²) in [4.78, 5) is 47.6. The van der Waals surface area contributed by atoms with E-state index < -0.39 is 11.8 Å². The quantitative estimate of drug-likeness (QED) is 0.293. The summed E-state index contributed by atoms with van der Waals surface area (Å²) in [5.74, 6) is -1.29. The van der Waals surface area contributed by atoms with Gasteiger partial charge in [-0.25, -0.2) is 9.37 Å². The molecule has 12 heteroatoms. The molecule has 47 heavy (non-hydrogen) atoms. The van der Waals surface area contributed by atoms with Gasteiger partial charge in [-0.2, -0.15) is 0 Å². The third-order valence-corrected chi connectivity index (χ3v) is 9.17. The molecule has 0 radical (unpaired) electrons. The van der Waals surface area contributed by atoms with E-state index in [2.05, 4.69) is 19.8 Å². The molecule has 1 saturated heterocycles. The second kappa shape index (κ2) is 12.7. The van der Waals surface area contributed by atoms with Crippen molar-refractivity contribution >= 4 is 34.8 Å². The lowest BCUT2D eigenvalue weighted by Gasteiger charge is -2.32. The fraction of sp³-hybridized carbons (Fsp3) is 0.371. The molecule has 1 fully saturated rings. The van der Waals surface area contributed by atoms with Gasteiger partial charge in [0.05, 0.1) is 24.6 Å². The monoisotopic (exact) mass is 640 g/mol. The van der Waals surface area contributed by atoms with Gasteiger partial charge < -0.3 is 33.7 Å². The van der Waals surface area contributed by atoms with E-state index in [9.17, 15) is 14.4 Å². The van der Waals surface area contributed by atoms with Crippen molar-refractivity contribution in [3.63, 3.8) is 0 Å². The number of fused-ring (bicyclic) bond motifs is 3. The highest BCUT2D eigenvalue weighted by Crippen LogP contribution is 2.36. The summed E-state index contributed by atoms with van der Waals surface area (Å²) in [7, 11) is 1.59. The van der Waals surface area contributed by atoms with Crippen molar-refractivity contribution in [3.05, 3.63) is 87.3 Å². The number of aryl methyl sites for hydroxylation is 2.